The zero-order valence-corrected chi connectivity index (χ0v) is 11.2. The number of likely N-dealkylation sites (N-methyl/N-ethyl adjacent to an activating group) is 1. The van der Waals surface area contributed by atoms with Gasteiger partial charge in [0.25, 0.3) is 0 Å². The maximum Gasteiger partial charge on any atom is 0.327 e. The summed E-state index contributed by atoms with van der Waals surface area (Å²) >= 11 is 3.38. The number of carboxylic acids is 1. The molecule has 0 aliphatic carbocycles. The standard InChI is InChI=1S/C12H15BrN2O2/c1-14-6-7-15(11(8-14)12(16)17)10-4-2-9(13)3-5-10/h2-5,11H,6-8H2,1H3,(H,16,17). The Bertz CT molecular complexity index is 407. The predicted molar refractivity (Wildman–Crippen MR) is 70.4 cm³/mol. The largest absolute Gasteiger partial charge is 0.480 e. The van der Waals surface area contributed by atoms with Gasteiger partial charge in [-0.3, -0.25) is 0 Å². The van der Waals surface area contributed by atoms with Crippen LogP contribution in [0.4, 0.5) is 5.69 Å². The first kappa shape index (κ1) is 12.4. The van der Waals surface area contributed by atoms with Crippen molar-refractivity contribution in [3.8, 4) is 0 Å². The first-order valence-corrected chi connectivity index (χ1v) is 6.31. The summed E-state index contributed by atoms with van der Waals surface area (Å²) in [6, 6.07) is 7.31. The highest BCUT2D eigenvalue weighted by Gasteiger charge is 2.30. The van der Waals surface area contributed by atoms with Crippen LogP contribution < -0.4 is 4.90 Å². The summed E-state index contributed by atoms with van der Waals surface area (Å²) < 4.78 is 1.00. The molecule has 1 aromatic carbocycles. The van der Waals surface area contributed by atoms with E-state index in [0.717, 1.165) is 23.2 Å². The summed E-state index contributed by atoms with van der Waals surface area (Å²) in [7, 11) is 1.95. The van der Waals surface area contributed by atoms with Gasteiger partial charge in [0, 0.05) is 29.8 Å². The van der Waals surface area contributed by atoms with Crippen molar-refractivity contribution >= 4 is 27.6 Å². The molecular formula is C12H15BrN2O2. The molecule has 17 heavy (non-hydrogen) atoms. The van der Waals surface area contributed by atoms with Gasteiger partial charge in [0.2, 0.25) is 0 Å². The van der Waals surface area contributed by atoms with E-state index in [1.165, 1.54) is 0 Å². The Morgan fingerprint density at radius 2 is 2.00 bits per heavy atom. The van der Waals surface area contributed by atoms with Crippen molar-refractivity contribution in [3.05, 3.63) is 28.7 Å². The SMILES string of the molecule is CN1CCN(c2ccc(Br)cc2)C(C(=O)O)C1. The molecule has 1 atom stereocenters. The molecule has 0 saturated carbocycles. The molecule has 1 heterocycles. The fourth-order valence-electron chi connectivity index (χ4n) is 2.07. The van der Waals surface area contributed by atoms with Crippen LogP contribution in [0.5, 0.6) is 0 Å². The van der Waals surface area contributed by atoms with E-state index in [0.29, 0.717) is 6.54 Å². The van der Waals surface area contributed by atoms with E-state index in [1.54, 1.807) is 0 Å². The number of carboxylic acid groups (broad SMARTS) is 1. The van der Waals surface area contributed by atoms with Crippen LogP contribution in [0.1, 0.15) is 0 Å². The van der Waals surface area contributed by atoms with Gasteiger partial charge >= 0.3 is 5.97 Å². The van der Waals surface area contributed by atoms with Crippen molar-refractivity contribution in [2.24, 2.45) is 0 Å². The topological polar surface area (TPSA) is 43.8 Å². The zero-order valence-electron chi connectivity index (χ0n) is 9.64. The smallest absolute Gasteiger partial charge is 0.327 e. The number of hydrogen-bond donors (Lipinski definition) is 1. The highest BCUT2D eigenvalue weighted by Crippen LogP contribution is 2.22. The lowest BCUT2D eigenvalue weighted by atomic mass is 10.1. The molecule has 1 aliphatic rings. The molecule has 1 aromatic rings. The highest BCUT2D eigenvalue weighted by atomic mass is 79.9. The molecular weight excluding hydrogens is 284 g/mol. The molecule has 0 radical (unpaired) electrons. The molecule has 0 bridgehead atoms. The summed E-state index contributed by atoms with van der Waals surface area (Å²) in [5, 5.41) is 9.26. The van der Waals surface area contributed by atoms with Crippen molar-refractivity contribution in [1.82, 2.24) is 4.90 Å². The Balaban J connectivity index is 2.23. The van der Waals surface area contributed by atoms with Crippen LogP contribution in [0.2, 0.25) is 0 Å². The van der Waals surface area contributed by atoms with E-state index in [1.807, 2.05) is 41.1 Å². The van der Waals surface area contributed by atoms with Crippen LogP contribution in [0.3, 0.4) is 0 Å². The second-order valence-electron chi connectivity index (χ2n) is 4.29. The Morgan fingerprint density at radius 3 is 2.59 bits per heavy atom. The van der Waals surface area contributed by atoms with Crippen LogP contribution in [0, 0.1) is 0 Å². The van der Waals surface area contributed by atoms with E-state index in [-0.39, 0.29) is 0 Å². The Hall–Kier alpha value is -1.07. The van der Waals surface area contributed by atoms with Crippen LogP contribution in [0.15, 0.2) is 28.7 Å². The molecule has 4 nitrogen and oxygen atoms in total. The molecule has 92 valence electrons. The number of rotatable bonds is 2. The summed E-state index contributed by atoms with van der Waals surface area (Å²) in [4.78, 5) is 15.3. The molecule has 5 heteroatoms. The lowest BCUT2D eigenvalue weighted by Crippen LogP contribution is -2.55. The van der Waals surface area contributed by atoms with E-state index in [2.05, 4.69) is 15.9 Å². The van der Waals surface area contributed by atoms with E-state index in [4.69, 9.17) is 0 Å². The first-order chi connectivity index (χ1) is 8.08. The van der Waals surface area contributed by atoms with E-state index >= 15 is 0 Å². The third-order valence-corrected chi connectivity index (χ3v) is 3.56. The average Bonchev–Trinajstić information content (AvgIpc) is 2.30. The number of nitrogens with zero attached hydrogens (tertiary/aromatic N) is 2. The number of piperazine rings is 1. The Labute approximate surface area is 109 Å². The Kier molecular flexibility index (Phi) is 3.69. The molecule has 0 aromatic heterocycles. The van der Waals surface area contributed by atoms with Gasteiger partial charge in [-0.15, -0.1) is 0 Å². The predicted octanol–water partition coefficient (Wildman–Crippen LogP) is 1.65. The van der Waals surface area contributed by atoms with Crippen LogP contribution in [0.25, 0.3) is 0 Å². The number of hydrogen-bond acceptors (Lipinski definition) is 3. The molecule has 0 spiro atoms. The minimum Gasteiger partial charge on any atom is -0.480 e. The lowest BCUT2D eigenvalue weighted by Gasteiger charge is -2.39. The quantitative estimate of drug-likeness (QED) is 0.902. The normalized spacial score (nSPS) is 21.5. The summed E-state index contributed by atoms with van der Waals surface area (Å²) in [5.74, 6) is -0.764. The summed E-state index contributed by atoms with van der Waals surface area (Å²) in [5.41, 5.74) is 0.966. The molecule has 1 aliphatic heterocycles. The lowest BCUT2D eigenvalue weighted by molar-refractivity contribution is -0.139. The zero-order chi connectivity index (χ0) is 12.4. The second-order valence-corrected chi connectivity index (χ2v) is 5.20. The van der Waals surface area contributed by atoms with Gasteiger partial charge in [-0.25, -0.2) is 4.79 Å². The minimum absolute atomic E-state index is 0.463. The number of aliphatic carboxylic acids is 1. The van der Waals surface area contributed by atoms with Gasteiger partial charge in [-0.1, -0.05) is 15.9 Å². The average molecular weight is 299 g/mol. The maximum atomic E-state index is 11.3. The molecule has 1 saturated heterocycles. The van der Waals surface area contributed by atoms with Gasteiger partial charge in [-0.2, -0.15) is 0 Å². The third-order valence-electron chi connectivity index (χ3n) is 3.03. The number of halogens is 1. The van der Waals surface area contributed by atoms with Crippen molar-refractivity contribution < 1.29 is 9.90 Å². The van der Waals surface area contributed by atoms with E-state index in [9.17, 15) is 9.90 Å². The van der Waals surface area contributed by atoms with Gasteiger partial charge in [0.15, 0.2) is 0 Å². The van der Waals surface area contributed by atoms with Crippen molar-refractivity contribution in [3.63, 3.8) is 0 Å². The molecule has 1 fully saturated rings. The van der Waals surface area contributed by atoms with Crippen molar-refractivity contribution in [2.45, 2.75) is 6.04 Å². The van der Waals surface area contributed by atoms with Crippen LogP contribution >= 0.6 is 15.9 Å². The summed E-state index contributed by atoms with van der Waals surface area (Å²) in [6.45, 7) is 2.19. The maximum absolute atomic E-state index is 11.3. The fourth-order valence-corrected chi connectivity index (χ4v) is 2.34. The monoisotopic (exact) mass is 298 g/mol. The fraction of sp³-hybridized carbons (Fsp3) is 0.417. The van der Waals surface area contributed by atoms with E-state index < -0.39 is 12.0 Å². The first-order valence-electron chi connectivity index (χ1n) is 5.51. The molecule has 1 unspecified atom stereocenters. The number of anilines is 1. The van der Waals surface area contributed by atoms with Crippen LogP contribution in [-0.2, 0) is 4.79 Å². The van der Waals surface area contributed by atoms with Gasteiger partial charge in [-0.05, 0) is 31.3 Å². The van der Waals surface area contributed by atoms with Gasteiger partial charge in [0.05, 0.1) is 0 Å². The van der Waals surface area contributed by atoms with Crippen molar-refractivity contribution in [2.75, 3.05) is 31.6 Å². The Morgan fingerprint density at radius 1 is 1.35 bits per heavy atom. The molecule has 1 N–H and O–H groups in total. The molecule has 2 rings (SSSR count). The molecule has 0 amide bonds. The van der Waals surface area contributed by atoms with Gasteiger partial charge in [0.1, 0.15) is 6.04 Å². The number of carbonyl (C=O) groups is 1. The second kappa shape index (κ2) is 5.06. The third kappa shape index (κ3) is 2.79. The van der Waals surface area contributed by atoms with Crippen LogP contribution in [-0.4, -0.2) is 48.7 Å². The van der Waals surface area contributed by atoms with Gasteiger partial charge < -0.3 is 14.9 Å². The number of benzene rings is 1. The van der Waals surface area contributed by atoms with Crippen molar-refractivity contribution in [1.29, 1.82) is 0 Å². The minimum atomic E-state index is -0.764. The highest BCUT2D eigenvalue weighted by molar-refractivity contribution is 9.10. The summed E-state index contributed by atoms with van der Waals surface area (Å²) in [6.07, 6.45) is 0.